The van der Waals surface area contributed by atoms with E-state index in [4.69, 9.17) is 9.47 Å². The number of amides is 2. The first-order chi connectivity index (χ1) is 14.7. The summed E-state index contributed by atoms with van der Waals surface area (Å²) in [5, 5.41) is 14.8. The summed E-state index contributed by atoms with van der Waals surface area (Å²) < 4.78 is 10.1. The number of esters is 1. The van der Waals surface area contributed by atoms with Crippen molar-refractivity contribution in [3.05, 3.63) is 23.8 Å². The number of carboxylic acids is 1. The van der Waals surface area contributed by atoms with Crippen LogP contribution in [0, 0.1) is 11.3 Å². The number of alkyl carbamates (subject to hydrolysis) is 1. The van der Waals surface area contributed by atoms with Gasteiger partial charge in [0.1, 0.15) is 17.7 Å². The van der Waals surface area contributed by atoms with Gasteiger partial charge in [-0.1, -0.05) is 44.6 Å². The van der Waals surface area contributed by atoms with E-state index in [0.29, 0.717) is 6.42 Å². The Balaban J connectivity index is 3.19. The Morgan fingerprint density at radius 2 is 1.69 bits per heavy atom. The van der Waals surface area contributed by atoms with E-state index >= 15 is 0 Å². The lowest BCUT2D eigenvalue weighted by Gasteiger charge is -2.34. The molecule has 0 spiro atoms. The number of rotatable bonds is 8. The van der Waals surface area contributed by atoms with Gasteiger partial charge in [-0.05, 0) is 45.4 Å². The van der Waals surface area contributed by atoms with E-state index in [1.807, 2.05) is 18.2 Å². The minimum absolute atomic E-state index is 0.217. The number of carboxylic acid groups (broad SMARTS) is 1. The van der Waals surface area contributed by atoms with Crippen LogP contribution in [0.1, 0.15) is 60.8 Å². The van der Waals surface area contributed by atoms with Crippen LogP contribution in [-0.2, 0) is 23.9 Å². The number of aliphatic carboxylic acids is 1. The minimum Gasteiger partial charge on any atom is -0.481 e. The normalized spacial score (nSPS) is 16.8. The maximum atomic E-state index is 13.2. The molecule has 0 aliphatic heterocycles. The number of nitrogens with one attached hydrogen (secondary N) is 2. The van der Waals surface area contributed by atoms with Crippen LogP contribution >= 0.6 is 0 Å². The molecule has 0 bridgehead atoms. The van der Waals surface area contributed by atoms with Gasteiger partial charge < -0.3 is 25.2 Å². The highest BCUT2D eigenvalue weighted by Gasteiger charge is 2.44. The molecule has 32 heavy (non-hydrogen) atoms. The summed E-state index contributed by atoms with van der Waals surface area (Å²) in [5.74, 6) is -4.01. The summed E-state index contributed by atoms with van der Waals surface area (Å²) in [6.45, 7) is 9.92. The summed E-state index contributed by atoms with van der Waals surface area (Å²) in [7, 11) is 1.21. The zero-order chi connectivity index (χ0) is 24.7. The van der Waals surface area contributed by atoms with Crippen LogP contribution < -0.4 is 10.6 Å². The molecule has 0 fully saturated rings. The molecule has 0 saturated carbocycles. The molecular formula is C23H36N2O7. The Morgan fingerprint density at radius 3 is 2.12 bits per heavy atom. The summed E-state index contributed by atoms with van der Waals surface area (Å²) >= 11 is 0. The van der Waals surface area contributed by atoms with Gasteiger partial charge >= 0.3 is 18.0 Å². The maximum absolute atomic E-state index is 13.2. The molecule has 3 N–H and O–H groups in total. The number of methoxy groups -OCH3 is 1. The highest BCUT2D eigenvalue weighted by Crippen LogP contribution is 2.30. The quantitative estimate of drug-likeness (QED) is 0.381. The van der Waals surface area contributed by atoms with E-state index in [2.05, 4.69) is 10.6 Å². The van der Waals surface area contributed by atoms with E-state index in [1.165, 1.54) is 7.11 Å². The van der Waals surface area contributed by atoms with Gasteiger partial charge in [0.05, 0.1) is 13.0 Å². The summed E-state index contributed by atoms with van der Waals surface area (Å²) in [5.41, 5.74) is -0.785. The van der Waals surface area contributed by atoms with Crippen molar-refractivity contribution in [2.24, 2.45) is 11.3 Å². The molecular weight excluding hydrogens is 416 g/mol. The number of hydrogen-bond donors (Lipinski definition) is 3. The van der Waals surface area contributed by atoms with Crippen molar-refractivity contribution >= 4 is 23.9 Å². The van der Waals surface area contributed by atoms with Gasteiger partial charge in [0.2, 0.25) is 5.91 Å². The molecule has 3 atom stereocenters. The van der Waals surface area contributed by atoms with Crippen LogP contribution in [0.2, 0.25) is 0 Å². The molecule has 0 aromatic rings. The molecule has 1 aliphatic carbocycles. The zero-order valence-corrected chi connectivity index (χ0v) is 20.0. The second-order valence-corrected chi connectivity index (χ2v) is 9.87. The van der Waals surface area contributed by atoms with Crippen molar-refractivity contribution in [1.29, 1.82) is 0 Å². The fourth-order valence-corrected chi connectivity index (χ4v) is 3.42. The number of ether oxygens (including phenoxy) is 2. The predicted octanol–water partition coefficient (Wildman–Crippen LogP) is 2.95. The fraction of sp³-hybridized carbons (Fsp3) is 0.652. The minimum atomic E-state index is -1.48. The molecule has 1 aliphatic rings. The highest BCUT2D eigenvalue weighted by molar-refractivity contribution is 5.93. The third-order valence-electron chi connectivity index (χ3n) is 4.84. The molecule has 0 heterocycles. The monoisotopic (exact) mass is 452 g/mol. The SMILES string of the molecule is COC(=O)[C@H](CC1=CCC=CC1)NC(=O)[C@@H](NC(=O)OC(C)(C)C)C(C(=O)O)C(C)(C)C. The largest absolute Gasteiger partial charge is 0.481 e. The molecule has 0 aromatic heterocycles. The average molecular weight is 453 g/mol. The van der Waals surface area contributed by atoms with Crippen LogP contribution in [0.3, 0.4) is 0 Å². The molecule has 0 saturated heterocycles. The van der Waals surface area contributed by atoms with Crippen molar-refractivity contribution in [3.8, 4) is 0 Å². The Hall–Kier alpha value is -2.84. The van der Waals surface area contributed by atoms with Crippen LogP contribution in [0.15, 0.2) is 23.8 Å². The number of hydrogen-bond acceptors (Lipinski definition) is 6. The van der Waals surface area contributed by atoms with E-state index in [-0.39, 0.29) is 6.42 Å². The Morgan fingerprint density at radius 1 is 1.06 bits per heavy atom. The number of carbonyl (C=O) groups is 4. The summed E-state index contributed by atoms with van der Waals surface area (Å²) in [6.07, 6.45) is 6.59. The lowest BCUT2D eigenvalue weighted by Crippen LogP contribution is -2.59. The predicted molar refractivity (Wildman–Crippen MR) is 119 cm³/mol. The molecule has 0 radical (unpaired) electrons. The molecule has 9 nitrogen and oxygen atoms in total. The first-order valence-corrected chi connectivity index (χ1v) is 10.6. The third kappa shape index (κ3) is 8.72. The van der Waals surface area contributed by atoms with Gasteiger partial charge in [0.25, 0.3) is 0 Å². The van der Waals surface area contributed by atoms with Gasteiger partial charge in [-0.25, -0.2) is 9.59 Å². The Labute approximate surface area is 189 Å². The second-order valence-electron chi connectivity index (χ2n) is 9.87. The standard InChI is InChI=1S/C23H36N2O7/c1-22(2,3)16(19(27)28)17(25-21(30)32-23(4,5)6)18(26)24-15(20(29)31-7)13-14-11-9-8-10-12-14/h8-9,12,15-17H,10-11,13H2,1-7H3,(H,24,26)(H,25,30)(H,27,28)/t15-,16?,17-/m0/s1. The van der Waals surface area contributed by atoms with Gasteiger partial charge in [-0.2, -0.15) is 0 Å². The first-order valence-electron chi connectivity index (χ1n) is 10.6. The number of carbonyl (C=O) groups excluding carboxylic acids is 3. The van der Waals surface area contributed by atoms with Crippen LogP contribution in [0.4, 0.5) is 4.79 Å². The molecule has 9 heteroatoms. The number of allylic oxidation sites excluding steroid dienone is 3. The lowest BCUT2D eigenvalue weighted by atomic mass is 9.75. The molecule has 0 aromatic carbocycles. The van der Waals surface area contributed by atoms with Gasteiger partial charge in [0.15, 0.2) is 0 Å². The topological polar surface area (TPSA) is 131 Å². The highest BCUT2D eigenvalue weighted by atomic mass is 16.6. The summed E-state index contributed by atoms with van der Waals surface area (Å²) in [6, 6.07) is -2.50. The zero-order valence-electron chi connectivity index (χ0n) is 20.0. The van der Waals surface area contributed by atoms with E-state index in [0.717, 1.165) is 12.0 Å². The maximum Gasteiger partial charge on any atom is 0.408 e. The van der Waals surface area contributed by atoms with Crippen molar-refractivity contribution in [1.82, 2.24) is 10.6 Å². The molecule has 1 rings (SSSR count). The van der Waals surface area contributed by atoms with Crippen LogP contribution in [-0.4, -0.2) is 53.8 Å². The molecule has 180 valence electrons. The Kier molecular flexibility index (Phi) is 9.48. The third-order valence-corrected chi connectivity index (χ3v) is 4.84. The van der Waals surface area contributed by atoms with E-state index in [9.17, 15) is 24.3 Å². The van der Waals surface area contributed by atoms with Crippen LogP contribution in [0.25, 0.3) is 0 Å². The van der Waals surface area contributed by atoms with E-state index in [1.54, 1.807) is 41.5 Å². The summed E-state index contributed by atoms with van der Waals surface area (Å²) in [4.78, 5) is 50.0. The smallest absolute Gasteiger partial charge is 0.408 e. The molecule has 1 unspecified atom stereocenters. The van der Waals surface area contributed by atoms with Crippen molar-refractivity contribution < 1.29 is 33.8 Å². The second kappa shape index (κ2) is 11.2. The van der Waals surface area contributed by atoms with Gasteiger partial charge in [-0.3, -0.25) is 9.59 Å². The Bertz CT molecular complexity index is 772. The van der Waals surface area contributed by atoms with Crippen molar-refractivity contribution in [3.63, 3.8) is 0 Å². The van der Waals surface area contributed by atoms with E-state index < -0.39 is 53.0 Å². The van der Waals surface area contributed by atoms with Gasteiger partial charge in [0, 0.05) is 0 Å². The van der Waals surface area contributed by atoms with Crippen LogP contribution in [0.5, 0.6) is 0 Å². The fourth-order valence-electron chi connectivity index (χ4n) is 3.42. The average Bonchev–Trinajstić information content (AvgIpc) is 2.64. The first kappa shape index (κ1) is 27.2. The van der Waals surface area contributed by atoms with Gasteiger partial charge in [-0.15, -0.1) is 0 Å². The molecule has 2 amide bonds. The van der Waals surface area contributed by atoms with Crippen molar-refractivity contribution in [2.75, 3.05) is 7.11 Å². The van der Waals surface area contributed by atoms with Crippen molar-refractivity contribution in [2.45, 2.75) is 78.5 Å². The lowest BCUT2D eigenvalue weighted by molar-refractivity contribution is -0.151.